The molecule has 2 amide bonds. The van der Waals surface area contributed by atoms with E-state index in [0.29, 0.717) is 37.5 Å². The van der Waals surface area contributed by atoms with Gasteiger partial charge in [0.2, 0.25) is 0 Å². The van der Waals surface area contributed by atoms with Crippen LogP contribution in [0.3, 0.4) is 0 Å². The van der Waals surface area contributed by atoms with Crippen LogP contribution in [0.25, 0.3) is 0 Å². The van der Waals surface area contributed by atoms with Crippen molar-refractivity contribution in [1.82, 2.24) is 10.6 Å². The number of amides is 2. The van der Waals surface area contributed by atoms with Crippen molar-refractivity contribution in [2.45, 2.75) is 169 Å². The first-order valence-electron chi connectivity index (χ1n) is 26.1. The Morgan fingerprint density at radius 2 is 1.01 bits per heavy atom. The number of rotatable bonds is 20. The first-order valence-corrected chi connectivity index (χ1v) is 26.1. The van der Waals surface area contributed by atoms with Gasteiger partial charge in [-0.2, -0.15) is 0 Å². The summed E-state index contributed by atoms with van der Waals surface area (Å²) in [7, 11) is 0. The highest BCUT2D eigenvalue weighted by molar-refractivity contribution is 5.74. The number of cyclic esters (lactones) is 2. The predicted octanol–water partition coefficient (Wildman–Crippen LogP) is 8.89. The summed E-state index contributed by atoms with van der Waals surface area (Å²) in [5.74, 6) is 0.159. The van der Waals surface area contributed by atoms with E-state index in [0.717, 1.165) is 38.5 Å². The van der Waals surface area contributed by atoms with Crippen molar-refractivity contribution in [2.24, 2.45) is 59.2 Å². The third-order valence-corrected chi connectivity index (χ3v) is 15.4. The summed E-state index contributed by atoms with van der Waals surface area (Å²) >= 11 is 0. The van der Waals surface area contributed by atoms with E-state index in [1.165, 1.54) is 11.1 Å². The molecule has 2 N–H and O–H groups in total. The average molecular weight is 965 g/mol. The summed E-state index contributed by atoms with van der Waals surface area (Å²) in [5, 5.41) is 5.34. The van der Waals surface area contributed by atoms with Crippen LogP contribution in [0.5, 0.6) is 0 Å². The van der Waals surface area contributed by atoms with E-state index in [4.69, 9.17) is 33.2 Å². The summed E-state index contributed by atoms with van der Waals surface area (Å²) in [6, 6.07) is 0. The van der Waals surface area contributed by atoms with Crippen molar-refractivity contribution in [3.8, 4) is 0 Å². The van der Waals surface area contributed by atoms with E-state index in [2.05, 4.69) is 74.8 Å². The Bertz CT molecular complexity index is 1790. The Labute approximate surface area is 409 Å². The number of hydrogen-bond acceptors (Lipinski definition) is 13. The maximum atomic E-state index is 12.9. The van der Waals surface area contributed by atoms with Gasteiger partial charge in [0, 0.05) is 37.8 Å². The van der Waals surface area contributed by atoms with Crippen LogP contribution in [0.15, 0.2) is 47.6 Å². The maximum absolute atomic E-state index is 12.9. The van der Waals surface area contributed by atoms with Crippen LogP contribution in [-0.4, -0.2) is 99.0 Å². The molecule has 16 atom stereocenters. The predicted molar refractivity (Wildman–Crippen MR) is 257 cm³/mol. The Hall–Kier alpha value is -4.66. The lowest BCUT2D eigenvalue weighted by Gasteiger charge is -2.43. The lowest BCUT2D eigenvalue weighted by Crippen LogP contribution is -2.42. The quantitative estimate of drug-likeness (QED) is 0.0669. The first-order chi connectivity index (χ1) is 33.0. The minimum absolute atomic E-state index is 0.0243. The van der Waals surface area contributed by atoms with E-state index in [-0.39, 0.29) is 111 Å². The monoisotopic (exact) mass is 965 g/mol. The Balaban J connectivity index is 0.864. The molecule has 0 aromatic heterocycles. The molecule has 384 valence electrons. The van der Waals surface area contributed by atoms with Gasteiger partial charge in [-0.1, -0.05) is 91.8 Å². The molecule has 2 fully saturated rings. The maximum Gasteiger partial charge on any atom is 0.407 e. The third-order valence-electron chi connectivity index (χ3n) is 15.4. The number of fused-ring (bicyclic) bond motifs is 2. The number of alkyl carbamates (subject to hydrolysis) is 2. The number of nitrogens with one attached hydrogen (secondary N) is 2. The first kappa shape index (κ1) is 53.7. The van der Waals surface area contributed by atoms with Crippen molar-refractivity contribution < 1.29 is 61.9 Å². The van der Waals surface area contributed by atoms with Gasteiger partial charge in [-0.25, -0.2) is 9.59 Å². The van der Waals surface area contributed by atoms with E-state index < -0.39 is 48.5 Å². The van der Waals surface area contributed by atoms with Crippen LogP contribution < -0.4 is 10.6 Å². The fourth-order valence-corrected chi connectivity index (χ4v) is 11.2. The van der Waals surface area contributed by atoms with Gasteiger partial charge in [-0.3, -0.25) is 19.2 Å². The highest BCUT2D eigenvalue weighted by Gasteiger charge is 2.44. The fraction of sp³-hybridized carbons (Fsp3) is 0.741. The van der Waals surface area contributed by atoms with Gasteiger partial charge in [0.1, 0.15) is 36.6 Å². The topological polar surface area (TPSA) is 191 Å². The van der Waals surface area contributed by atoms with Gasteiger partial charge in [-0.15, -0.1) is 0 Å². The summed E-state index contributed by atoms with van der Waals surface area (Å²) in [6.45, 7) is 17.1. The molecule has 0 aromatic rings. The minimum Gasteiger partial charge on any atom is -0.462 e. The number of esters is 4. The highest BCUT2D eigenvalue weighted by Crippen LogP contribution is 2.47. The molecule has 2 heterocycles. The third kappa shape index (κ3) is 15.2. The van der Waals surface area contributed by atoms with Crippen LogP contribution >= 0.6 is 0 Å². The zero-order valence-electron chi connectivity index (χ0n) is 42.3. The van der Waals surface area contributed by atoms with Crippen molar-refractivity contribution in [3.63, 3.8) is 0 Å². The molecule has 0 bridgehead atoms. The van der Waals surface area contributed by atoms with Gasteiger partial charge in [0.15, 0.2) is 0 Å². The van der Waals surface area contributed by atoms with Crippen LogP contribution in [0.1, 0.15) is 132 Å². The van der Waals surface area contributed by atoms with Crippen molar-refractivity contribution in [3.05, 3.63) is 47.6 Å². The van der Waals surface area contributed by atoms with E-state index in [9.17, 15) is 28.8 Å². The van der Waals surface area contributed by atoms with Gasteiger partial charge < -0.3 is 43.8 Å². The molecule has 0 aromatic carbocycles. The SMILES string of the molecule is CCC(C)C(=O)OC1CC(C)C=C2C=CC(C)C(CCC3CC(OC(=O)NCCOCCNC(=O)OC4CC(=O)OC(CCC5C(C)C=CC6=CC(C)CC(OC(=O)C(C)CC)C65)C4)CC(=O)O3)C21. The second-order valence-electron chi connectivity index (χ2n) is 20.9. The molecule has 69 heavy (non-hydrogen) atoms. The lowest BCUT2D eigenvalue weighted by atomic mass is 9.65. The molecule has 2 saturated heterocycles. The molecule has 15 heteroatoms. The molecule has 0 radical (unpaired) electrons. The van der Waals surface area contributed by atoms with E-state index in [1.54, 1.807) is 0 Å². The number of allylic oxidation sites excluding steroid dienone is 6. The number of hydrogen-bond donors (Lipinski definition) is 2. The Morgan fingerprint density at radius 3 is 1.41 bits per heavy atom. The minimum atomic E-state index is -0.659. The summed E-state index contributed by atoms with van der Waals surface area (Å²) in [4.78, 5) is 76.5. The van der Waals surface area contributed by atoms with Crippen LogP contribution in [-0.2, 0) is 52.3 Å². The van der Waals surface area contributed by atoms with Gasteiger partial charge in [-0.05, 0) is 98.0 Å². The highest BCUT2D eigenvalue weighted by atomic mass is 16.6. The summed E-state index contributed by atoms with van der Waals surface area (Å²) in [6.07, 6.45) is 16.0. The number of carbonyl (C=O) groups is 6. The molecule has 15 nitrogen and oxygen atoms in total. The normalized spacial score (nSPS) is 33.7. The van der Waals surface area contributed by atoms with Crippen molar-refractivity contribution in [2.75, 3.05) is 26.3 Å². The molecule has 2 aliphatic heterocycles. The fourth-order valence-electron chi connectivity index (χ4n) is 11.2. The zero-order chi connectivity index (χ0) is 49.8. The van der Waals surface area contributed by atoms with Gasteiger partial charge in [0.05, 0.1) is 37.9 Å². The van der Waals surface area contributed by atoms with Crippen LogP contribution in [0.2, 0.25) is 0 Å². The number of carbonyl (C=O) groups excluding carboxylic acids is 6. The largest absolute Gasteiger partial charge is 0.462 e. The van der Waals surface area contributed by atoms with Gasteiger partial charge >= 0.3 is 36.1 Å². The molecule has 0 saturated carbocycles. The lowest BCUT2D eigenvalue weighted by molar-refractivity contribution is -0.162. The molecule has 16 unspecified atom stereocenters. The molecule has 6 aliphatic rings. The Kier molecular flexibility index (Phi) is 19.8. The average Bonchev–Trinajstić information content (AvgIpc) is 3.29. The van der Waals surface area contributed by atoms with Crippen LogP contribution in [0.4, 0.5) is 9.59 Å². The molecular weight excluding hydrogens is 885 g/mol. The second kappa shape index (κ2) is 25.5. The summed E-state index contributed by atoms with van der Waals surface area (Å²) in [5.41, 5.74) is 2.41. The Morgan fingerprint density at radius 1 is 0.609 bits per heavy atom. The number of ether oxygens (including phenoxy) is 7. The molecule has 0 spiro atoms. The molecule has 4 aliphatic carbocycles. The van der Waals surface area contributed by atoms with Crippen molar-refractivity contribution in [1.29, 1.82) is 0 Å². The van der Waals surface area contributed by atoms with Gasteiger partial charge in [0.25, 0.3) is 0 Å². The standard InChI is InChI=1S/C54H80N2O13/c1-9-33(5)51(59)68-45-25-31(3)23-37-13-11-35(7)43(49(37)45)17-15-39-27-41(29-47(57)64-39)66-53(61)55-19-21-63-22-20-56-54(62)67-42-28-40(65-48(58)30-42)16-18-44-36(8)12-14-38-24-32(4)26-46(50(38)44)69-52(60)34(6)10-2/h11-14,23-24,31-36,39-46,49-50H,9-10,15-22,25-30H2,1-8H3,(H,55,61)(H,56,62). The second-order valence-corrected chi connectivity index (χ2v) is 20.9. The van der Waals surface area contributed by atoms with Crippen LogP contribution in [0, 0.1) is 59.2 Å². The van der Waals surface area contributed by atoms with Crippen molar-refractivity contribution >= 4 is 36.1 Å². The van der Waals surface area contributed by atoms with E-state index in [1.807, 2.05) is 27.7 Å². The zero-order valence-corrected chi connectivity index (χ0v) is 42.3. The molecule has 6 rings (SSSR count). The smallest absolute Gasteiger partial charge is 0.407 e. The van der Waals surface area contributed by atoms with E-state index >= 15 is 0 Å². The molecular formula is C54H80N2O13. The summed E-state index contributed by atoms with van der Waals surface area (Å²) < 4.78 is 40.6.